The van der Waals surface area contributed by atoms with E-state index in [1.54, 1.807) is 0 Å². The second kappa shape index (κ2) is 15.9. The average molecular weight is 361 g/mol. The van der Waals surface area contributed by atoms with Crippen molar-refractivity contribution in [3.63, 3.8) is 0 Å². The van der Waals surface area contributed by atoms with E-state index in [4.69, 9.17) is 4.74 Å². The Labute approximate surface area is 161 Å². The van der Waals surface area contributed by atoms with Crippen LogP contribution >= 0.6 is 0 Å². The van der Waals surface area contributed by atoms with Crippen LogP contribution in [0, 0.1) is 0 Å². The molecule has 1 atom stereocenters. The summed E-state index contributed by atoms with van der Waals surface area (Å²) in [5.74, 6) is -0.0817. The van der Waals surface area contributed by atoms with E-state index in [0.29, 0.717) is 6.42 Å². The van der Waals surface area contributed by atoms with Gasteiger partial charge in [0.05, 0.1) is 6.42 Å². The van der Waals surface area contributed by atoms with Gasteiger partial charge in [-0.3, -0.25) is 4.79 Å². The molecule has 1 rings (SSSR count). The first-order valence-electron chi connectivity index (χ1n) is 11.0. The smallest absolute Gasteiger partial charge is 0.310 e. The van der Waals surface area contributed by atoms with Crippen molar-refractivity contribution in [2.75, 3.05) is 0 Å². The maximum absolute atomic E-state index is 12.2. The summed E-state index contributed by atoms with van der Waals surface area (Å²) in [6, 6.07) is 9.88. The minimum absolute atomic E-state index is 0.0817. The molecule has 0 fully saturated rings. The van der Waals surface area contributed by atoms with E-state index in [2.05, 4.69) is 13.8 Å². The molecule has 1 unspecified atom stereocenters. The van der Waals surface area contributed by atoms with Gasteiger partial charge < -0.3 is 4.74 Å². The molecule has 0 saturated carbocycles. The molecule has 0 saturated heterocycles. The zero-order valence-electron chi connectivity index (χ0n) is 17.2. The van der Waals surface area contributed by atoms with Crippen molar-refractivity contribution in [2.24, 2.45) is 0 Å². The van der Waals surface area contributed by atoms with Crippen LogP contribution in [0.15, 0.2) is 30.3 Å². The van der Waals surface area contributed by atoms with Gasteiger partial charge in [0.1, 0.15) is 6.10 Å². The van der Waals surface area contributed by atoms with Gasteiger partial charge in [-0.1, -0.05) is 108 Å². The lowest BCUT2D eigenvalue weighted by atomic mass is 10.0. The van der Waals surface area contributed by atoms with Crippen molar-refractivity contribution < 1.29 is 9.53 Å². The molecule has 0 aliphatic carbocycles. The first-order valence-corrected chi connectivity index (χ1v) is 11.0. The summed E-state index contributed by atoms with van der Waals surface area (Å²) in [7, 11) is 0. The minimum Gasteiger partial charge on any atom is -0.462 e. The number of ether oxygens (including phenoxy) is 1. The second-order valence-corrected chi connectivity index (χ2v) is 7.53. The number of rotatable bonds is 16. The molecule has 26 heavy (non-hydrogen) atoms. The quantitative estimate of drug-likeness (QED) is 0.229. The lowest BCUT2D eigenvalue weighted by Crippen LogP contribution is -2.19. The third-order valence-electron chi connectivity index (χ3n) is 4.98. The van der Waals surface area contributed by atoms with E-state index < -0.39 is 0 Å². The van der Waals surface area contributed by atoms with Gasteiger partial charge in [0.15, 0.2) is 0 Å². The fourth-order valence-corrected chi connectivity index (χ4v) is 3.43. The molecule has 1 aromatic carbocycles. The Morgan fingerprint density at radius 3 is 1.92 bits per heavy atom. The number of benzene rings is 1. The van der Waals surface area contributed by atoms with E-state index in [0.717, 1.165) is 24.8 Å². The number of carbonyl (C=O) groups excluding carboxylic acids is 1. The SMILES string of the molecule is CCCCCCCCCCCCC(CCC)OC(=O)Cc1ccccc1. The Kier molecular flexibility index (Phi) is 13.9. The Morgan fingerprint density at radius 1 is 0.769 bits per heavy atom. The van der Waals surface area contributed by atoms with Crippen LogP contribution in [-0.2, 0) is 16.0 Å². The monoisotopic (exact) mass is 360 g/mol. The van der Waals surface area contributed by atoms with Crippen LogP contribution in [0.2, 0.25) is 0 Å². The summed E-state index contributed by atoms with van der Waals surface area (Å²) in [6.45, 7) is 4.43. The van der Waals surface area contributed by atoms with E-state index in [1.807, 2.05) is 30.3 Å². The normalized spacial score (nSPS) is 12.1. The van der Waals surface area contributed by atoms with Crippen LogP contribution in [-0.4, -0.2) is 12.1 Å². The zero-order valence-corrected chi connectivity index (χ0v) is 17.2. The average Bonchev–Trinajstić information content (AvgIpc) is 2.64. The Morgan fingerprint density at radius 2 is 1.35 bits per heavy atom. The molecule has 0 aromatic heterocycles. The number of unbranched alkanes of at least 4 members (excludes halogenated alkanes) is 9. The number of hydrogen-bond acceptors (Lipinski definition) is 2. The summed E-state index contributed by atoms with van der Waals surface area (Å²) >= 11 is 0. The summed E-state index contributed by atoms with van der Waals surface area (Å²) in [4.78, 5) is 12.2. The van der Waals surface area contributed by atoms with Crippen LogP contribution in [0.3, 0.4) is 0 Å². The predicted molar refractivity (Wildman–Crippen MR) is 111 cm³/mol. The minimum atomic E-state index is -0.0817. The second-order valence-electron chi connectivity index (χ2n) is 7.53. The molecule has 0 aliphatic rings. The van der Waals surface area contributed by atoms with Gasteiger partial charge in [-0.05, 0) is 24.8 Å². The fourth-order valence-electron chi connectivity index (χ4n) is 3.43. The van der Waals surface area contributed by atoms with Gasteiger partial charge in [-0.2, -0.15) is 0 Å². The highest BCUT2D eigenvalue weighted by Crippen LogP contribution is 2.16. The lowest BCUT2D eigenvalue weighted by Gasteiger charge is -2.17. The molecule has 0 amide bonds. The Bertz CT molecular complexity index is 441. The van der Waals surface area contributed by atoms with Crippen LogP contribution in [0.4, 0.5) is 0 Å². The molecule has 0 radical (unpaired) electrons. The highest BCUT2D eigenvalue weighted by atomic mass is 16.5. The lowest BCUT2D eigenvalue weighted by molar-refractivity contribution is -0.149. The fraction of sp³-hybridized carbons (Fsp3) is 0.708. The van der Waals surface area contributed by atoms with Gasteiger partial charge in [-0.15, -0.1) is 0 Å². The summed E-state index contributed by atoms with van der Waals surface area (Å²) < 4.78 is 5.74. The molecule has 0 bridgehead atoms. The highest BCUT2D eigenvalue weighted by molar-refractivity contribution is 5.72. The predicted octanol–water partition coefficient (Wildman–Crippen LogP) is 7.25. The molecule has 2 nitrogen and oxygen atoms in total. The molecular weight excluding hydrogens is 320 g/mol. The maximum atomic E-state index is 12.2. The van der Waals surface area contributed by atoms with Crippen LogP contribution < -0.4 is 0 Å². The summed E-state index contributed by atoms with van der Waals surface area (Å²) in [6.07, 6.45) is 17.0. The summed E-state index contributed by atoms with van der Waals surface area (Å²) in [5, 5.41) is 0. The van der Waals surface area contributed by atoms with Gasteiger partial charge in [0, 0.05) is 0 Å². The van der Waals surface area contributed by atoms with Gasteiger partial charge in [-0.25, -0.2) is 0 Å². The molecule has 0 aliphatic heterocycles. The number of carbonyl (C=O) groups is 1. The molecule has 0 heterocycles. The van der Waals surface area contributed by atoms with Crippen molar-refractivity contribution in [1.82, 2.24) is 0 Å². The van der Waals surface area contributed by atoms with E-state index in [-0.39, 0.29) is 12.1 Å². The van der Waals surface area contributed by atoms with E-state index >= 15 is 0 Å². The van der Waals surface area contributed by atoms with Crippen molar-refractivity contribution in [3.8, 4) is 0 Å². The molecule has 2 heteroatoms. The molecular formula is C24H40O2. The van der Waals surface area contributed by atoms with Gasteiger partial charge in [0.2, 0.25) is 0 Å². The van der Waals surface area contributed by atoms with Crippen molar-refractivity contribution in [3.05, 3.63) is 35.9 Å². The number of hydrogen-bond donors (Lipinski definition) is 0. The summed E-state index contributed by atoms with van der Waals surface area (Å²) in [5.41, 5.74) is 1.03. The Balaban J connectivity index is 2.10. The third kappa shape index (κ3) is 12.1. The van der Waals surface area contributed by atoms with Crippen molar-refractivity contribution in [2.45, 2.75) is 110 Å². The first kappa shape index (κ1) is 22.7. The Hall–Kier alpha value is -1.31. The first-order chi connectivity index (χ1) is 12.8. The highest BCUT2D eigenvalue weighted by Gasteiger charge is 2.13. The maximum Gasteiger partial charge on any atom is 0.310 e. The van der Waals surface area contributed by atoms with Crippen LogP contribution in [0.25, 0.3) is 0 Å². The van der Waals surface area contributed by atoms with Gasteiger partial charge >= 0.3 is 5.97 Å². The van der Waals surface area contributed by atoms with Gasteiger partial charge in [0.25, 0.3) is 0 Å². The van der Waals surface area contributed by atoms with Crippen molar-refractivity contribution in [1.29, 1.82) is 0 Å². The zero-order chi connectivity index (χ0) is 18.9. The van der Waals surface area contributed by atoms with Crippen LogP contribution in [0.1, 0.15) is 103 Å². The van der Waals surface area contributed by atoms with E-state index in [1.165, 1.54) is 64.2 Å². The molecule has 148 valence electrons. The molecule has 0 N–H and O–H groups in total. The third-order valence-corrected chi connectivity index (χ3v) is 4.98. The molecule has 1 aromatic rings. The largest absolute Gasteiger partial charge is 0.462 e. The van der Waals surface area contributed by atoms with E-state index in [9.17, 15) is 4.79 Å². The van der Waals surface area contributed by atoms with Crippen molar-refractivity contribution >= 4 is 5.97 Å². The number of esters is 1. The van der Waals surface area contributed by atoms with Crippen LogP contribution in [0.5, 0.6) is 0 Å². The molecule has 0 spiro atoms. The topological polar surface area (TPSA) is 26.3 Å². The standard InChI is InChI=1S/C24H40O2/c1-3-5-6-7-8-9-10-11-12-16-20-23(17-4-2)26-24(25)21-22-18-14-13-15-19-22/h13-15,18-19,23H,3-12,16-17,20-21H2,1-2H3.